The SMILES string of the molecule is Cc1cc(N=[N+]=[N-])c2c(C)cccc2n1. The van der Waals surface area contributed by atoms with Crippen molar-refractivity contribution in [2.45, 2.75) is 13.8 Å². The summed E-state index contributed by atoms with van der Waals surface area (Å²) in [4.78, 5) is 7.23. The molecular weight excluding hydrogens is 188 g/mol. The molecule has 0 aliphatic heterocycles. The minimum Gasteiger partial charge on any atom is -0.253 e. The van der Waals surface area contributed by atoms with Gasteiger partial charge < -0.3 is 0 Å². The van der Waals surface area contributed by atoms with E-state index in [0.29, 0.717) is 5.69 Å². The molecule has 0 saturated heterocycles. The number of hydrogen-bond donors (Lipinski definition) is 0. The topological polar surface area (TPSA) is 61.7 Å². The van der Waals surface area contributed by atoms with Crippen LogP contribution in [-0.2, 0) is 0 Å². The van der Waals surface area contributed by atoms with Crippen LogP contribution in [0, 0.1) is 13.8 Å². The van der Waals surface area contributed by atoms with Gasteiger partial charge in [0.2, 0.25) is 0 Å². The Kier molecular flexibility index (Phi) is 2.27. The Morgan fingerprint density at radius 3 is 2.87 bits per heavy atom. The molecule has 0 spiro atoms. The molecule has 0 N–H and O–H groups in total. The number of rotatable bonds is 1. The maximum atomic E-state index is 8.50. The number of benzene rings is 1. The number of pyridine rings is 1. The van der Waals surface area contributed by atoms with Gasteiger partial charge in [-0.2, -0.15) is 0 Å². The molecule has 0 aliphatic carbocycles. The maximum absolute atomic E-state index is 8.50. The Morgan fingerprint density at radius 1 is 1.33 bits per heavy atom. The fraction of sp³-hybridized carbons (Fsp3) is 0.182. The largest absolute Gasteiger partial charge is 0.253 e. The summed E-state index contributed by atoms with van der Waals surface area (Å²) in [5.41, 5.74) is 12.0. The highest BCUT2D eigenvalue weighted by atomic mass is 15.1. The summed E-state index contributed by atoms with van der Waals surface area (Å²) in [5, 5.41) is 4.63. The molecule has 4 nitrogen and oxygen atoms in total. The van der Waals surface area contributed by atoms with Crippen LogP contribution in [0.3, 0.4) is 0 Å². The smallest absolute Gasteiger partial charge is 0.0712 e. The molecule has 0 fully saturated rings. The molecular formula is C11H10N4. The van der Waals surface area contributed by atoms with Gasteiger partial charge >= 0.3 is 0 Å². The van der Waals surface area contributed by atoms with Crippen LogP contribution in [-0.4, -0.2) is 4.98 Å². The van der Waals surface area contributed by atoms with E-state index in [1.165, 1.54) is 0 Å². The van der Waals surface area contributed by atoms with Gasteiger partial charge in [-0.05, 0) is 37.1 Å². The van der Waals surface area contributed by atoms with Crippen molar-refractivity contribution in [3.05, 3.63) is 46.0 Å². The van der Waals surface area contributed by atoms with Crippen molar-refractivity contribution in [1.29, 1.82) is 0 Å². The molecule has 0 aliphatic rings. The molecule has 0 atom stereocenters. The third-order valence-electron chi connectivity index (χ3n) is 2.30. The van der Waals surface area contributed by atoms with Crippen LogP contribution in [0.25, 0.3) is 21.3 Å². The molecule has 1 aromatic carbocycles. The van der Waals surface area contributed by atoms with E-state index in [2.05, 4.69) is 15.0 Å². The summed E-state index contributed by atoms with van der Waals surface area (Å²) in [6.07, 6.45) is 0. The normalized spacial score (nSPS) is 10.0. The van der Waals surface area contributed by atoms with Gasteiger partial charge in [0, 0.05) is 21.7 Å². The summed E-state index contributed by atoms with van der Waals surface area (Å²) in [6, 6.07) is 7.65. The van der Waals surface area contributed by atoms with E-state index < -0.39 is 0 Å². The predicted octanol–water partition coefficient (Wildman–Crippen LogP) is 3.79. The van der Waals surface area contributed by atoms with E-state index in [1.54, 1.807) is 6.07 Å². The van der Waals surface area contributed by atoms with Gasteiger partial charge in [0.05, 0.1) is 5.52 Å². The van der Waals surface area contributed by atoms with Crippen LogP contribution in [0.1, 0.15) is 11.3 Å². The van der Waals surface area contributed by atoms with E-state index in [4.69, 9.17) is 5.53 Å². The van der Waals surface area contributed by atoms with E-state index in [0.717, 1.165) is 22.2 Å². The number of fused-ring (bicyclic) bond motifs is 1. The first-order valence-electron chi connectivity index (χ1n) is 4.64. The highest BCUT2D eigenvalue weighted by Crippen LogP contribution is 2.28. The lowest BCUT2D eigenvalue weighted by Gasteiger charge is -2.05. The highest BCUT2D eigenvalue weighted by Gasteiger charge is 2.04. The Labute approximate surface area is 87.2 Å². The average molecular weight is 198 g/mol. The van der Waals surface area contributed by atoms with Gasteiger partial charge in [0.15, 0.2) is 0 Å². The van der Waals surface area contributed by atoms with Crippen molar-refractivity contribution in [1.82, 2.24) is 4.98 Å². The lowest BCUT2D eigenvalue weighted by atomic mass is 10.1. The number of nitrogens with zero attached hydrogens (tertiary/aromatic N) is 4. The lowest BCUT2D eigenvalue weighted by molar-refractivity contribution is 1.24. The summed E-state index contributed by atoms with van der Waals surface area (Å²) in [6.45, 7) is 3.87. The summed E-state index contributed by atoms with van der Waals surface area (Å²) in [5.74, 6) is 0. The quantitative estimate of drug-likeness (QED) is 0.390. The second-order valence-corrected chi connectivity index (χ2v) is 3.44. The second-order valence-electron chi connectivity index (χ2n) is 3.44. The standard InChI is InChI=1S/C11H10N4/c1-7-4-3-5-9-11(7)10(14-15-12)6-8(2)13-9/h3-6H,1-2H3. The average Bonchev–Trinajstić information content (AvgIpc) is 2.17. The van der Waals surface area contributed by atoms with Crippen LogP contribution < -0.4 is 0 Å². The van der Waals surface area contributed by atoms with E-state index in [-0.39, 0.29) is 0 Å². The summed E-state index contributed by atoms with van der Waals surface area (Å²) >= 11 is 0. The minimum absolute atomic E-state index is 0.651. The van der Waals surface area contributed by atoms with E-state index in [9.17, 15) is 0 Å². The van der Waals surface area contributed by atoms with Gasteiger partial charge in [0.1, 0.15) is 0 Å². The van der Waals surface area contributed by atoms with Gasteiger partial charge in [-0.25, -0.2) is 0 Å². The van der Waals surface area contributed by atoms with Gasteiger partial charge in [-0.1, -0.05) is 17.2 Å². The van der Waals surface area contributed by atoms with Crippen LogP contribution in [0.4, 0.5) is 5.69 Å². The molecule has 1 aromatic heterocycles. The summed E-state index contributed by atoms with van der Waals surface area (Å²) in [7, 11) is 0. The van der Waals surface area contributed by atoms with Crippen molar-refractivity contribution in [2.75, 3.05) is 0 Å². The Balaban J connectivity index is 2.93. The fourth-order valence-corrected chi connectivity index (χ4v) is 1.70. The lowest BCUT2D eigenvalue weighted by Crippen LogP contribution is -1.86. The first kappa shape index (κ1) is 9.49. The third-order valence-corrected chi connectivity index (χ3v) is 2.30. The Hall–Kier alpha value is -2.06. The molecule has 4 heteroatoms. The van der Waals surface area contributed by atoms with Crippen molar-refractivity contribution in [3.63, 3.8) is 0 Å². The predicted molar refractivity (Wildman–Crippen MR) is 60.0 cm³/mol. The first-order valence-corrected chi connectivity index (χ1v) is 4.64. The second kappa shape index (κ2) is 3.59. The molecule has 2 aromatic rings. The van der Waals surface area contributed by atoms with Crippen LogP contribution >= 0.6 is 0 Å². The Bertz CT molecular complexity index is 568. The van der Waals surface area contributed by atoms with Crippen LogP contribution in [0.2, 0.25) is 0 Å². The number of azide groups is 1. The Morgan fingerprint density at radius 2 is 2.13 bits per heavy atom. The summed E-state index contributed by atoms with van der Waals surface area (Å²) < 4.78 is 0. The van der Waals surface area contributed by atoms with Crippen LogP contribution in [0.15, 0.2) is 29.4 Å². The zero-order valence-corrected chi connectivity index (χ0v) is 8.60. The van der Waals surface area contributed by atoms with E-state index in [1.807, 2.05) is 32.0 Å². The number of aromatic nitrogens is 1. The van der Waals surface area contributed by atoms with Crippen molar-refractivity contribution < 1.29 is 0 Å². The monoisotopic (exact) mass is 198 g/mol. The van der Waals surface area contributed by atoms with Crippen molar-refractivity contribution >= 4 is 16.6 Å². The number of aryl methyl sites for hydroxylation is 2. The molecule has 0 unspecified atom stereocenters. The highest BCUT2D eigenvalue weighted by molar-refractivity contribution is 5.92. The van der Waals surface area contributed by atoms with Crippen molar-refractivity contribution in [2.24, 2.45) is 5.11 Å². The van der Waals surface area contributed by atoms with Crippen LogP contribution in [0.5, 0.6) is 0 Å². The van der Waals surface area contributed by atoms with E-state index >= 15 is 0 Å². The maximum Gasteiger partial charge on any atom is 0.0712 e. The zero-order valence-electron chi connectivity index (χ0n) is 8.60. The van der Waals surface area contributed by atoms with Gasteiger partial charge in [-0.15, -0.1) is 0 Å². The molecule has 1 heterocycles. The molecule has 2 rings (SSSR count). The third kappa shape index (κ3) is 1.63. The zero-order chi connectivity index (χ0) is 10.8. The molecule has 0 amide bonds. The molecule has 74 valence electrons. The van der Waals surface area contributed by atoms with Gasteiger partial charge in [0.25, 0.3) is 0 Å². The molecule has 0 radical (unpaired) electrons. The number of hydrogen-bond acceptors (Lipinski definition) is 2. The minimum atomic E-state index is 0.651. The first-order chi connectivity index (χ1) is 7.22. The molecule has 0 saturated carbocycles. The fourth-order valence-electron chi connectivity index (χ4n) is 1.70. The molecule has 15 heavy (non-hydrogen) atoms. The molecule has 0 bridgehead atoms. The van der Waals surface area contributed by atoms with Gasteiger partial charge in [-0.3, -0.25) is 4.98 Å². The van der Waals surface area contributed by atoms with Crippen molar-refractivity contribution in [3.8, 4) is 0 Å².